The first-order valence-corrected chi connectivity index (χ1v) is 23.3. The average Bonchev–Trinajstić information content (AvgIpc) is 3.13. The Bertz CT molecular complexity index is 674. The second-order valence-corrected chi connectivity index (χ2v) is 16.3. The fourth-order valence-electron chi connectivity index (χ4n) is 7.58. The molecule has 5 heteroatoms. The Labute approximate surface area is 319 Å². The van der Waals surface area contributed by atoms with Gasteiger partial charge in [-0.25, -0.2) is 0 Å². The number of carbonyl (C=O) groups is 1. The van der Waals surface area contributed by atoms with Gasteiger partial charge in [0.1, 0.15) is 6.10 Å². The van der Waals surface area contributed by atoms with Crippen LogP contribution in [0.4, 0.5) is 0 Å². The SMILES string of the molecule is CCCCCCCCCCCCCCCCCCCCCCCCCC(=O)N[C@@H](CO)[C@H](O)[C@H](O)CCCCCCCCCCCCCCCC. The van der Waals surface area contributed by atoms with E-state index in [0.29, 0.717) is 12.8 Å². The molecule has 0 spiro atoms. The van der Waals surface area contributed by atoms with Crippen molar-refractivity contribution < 1.29 is 20.1 Å². The second-order valence-electron chi connectivity index (χ2n) is 16.3. The summed E-state index contributed by atoms with van der Waals surface area (Å²) >= 11 is 0. The maximum absolute atomic E-state index is 12.4. The molecule has 0 heterocycles. The number of aliphatic hydroxyl groups excluding tert-OH is 3. The molecule has 1 amide bonds. The van der Waals surface area contributed by atoms with E-state index in [1.54, 1.807) is 0 Å². The summed E-state index contributed by atoms with van der Waals surface area (Å²) in [5.74, 6) is -0.139. The van der Waals surface area contributed by atoms with Crippen LogP contribution in [0.1, 0.15) is 264 Å². The summed E-state index contributed by atoms with van der Waals surface area (Å²) in [5.41, 5.74) is 0. The molecule has 0 unspecified atom stereocenters. The van der Waals surface area contributed by atoms with Crippen LogP contribution in [0.25, 0.3) is 0 Å². The number of carbonyl (C=O) groups excluding carboxylic acids is 1. The fraction of sp³-hybridized carbons (Fsp3) is 0.978. The molecule has 0 aliphatic heterocycles. The van der Waals surface area contributed by atoms with Gasteiger partial charge >= 0.3 is 0 Å². The van der Waals surface area contributed by atoms with Crippen LogP contribution in [0.3, 0.4) is 0 Å². The first-order chi connectivity index (χ1) is 25.1. The van der Waals surface area contributed by atoms with Gasteiger partial charge in [-0.3, -0.25) is 4.79 Å². The summed E-state index contributed by atoms with van der Waals surface area (Å²) in [5, 5.41) is 33.6. The average molecular weight is 724 g/mol. The number of unbranched alkanes of at least 4 members (excludes halogenated alkanes) is 35. The maximum atomic E-state index is 12.4. The third-order valence-electron chi connectivity index (χ3n) is 11.2. The van der Waals surface area contributed by atoms with Crippen molar-refractivity contribution in [1.82, 2.24) is 5.32 Å². The highest BCUT2D eigenvalue weighted by Gasteiger charge is 2.26. The molecule has 0 saturated carbocycles. The van der Waals surface area contributed by atoms with Crippen LogP contribution in [-0.4, -0.2) is 46.1 Å². The van der Waals surface area contributed by atoms with Gasteiger partial charge in [-0.1, -0.05) is 245 Å². The summed E-state index contributed by atoms with van der Waals surface area (Å²) in [7, 11) is 0. The van der Waals surface area contributed by atoms with Gasteiger partial charge in [-0.15, -0.1) is 0 Å². The van der Waals surface area contributed by atoms with E-state index in [1.165, 1.54) is 205 Å². The number of nitrogens with one attached hydrogen (secondary N) is 1. The molecule has 306 valence electrons. The molecule has 0 rings (SSSR count). The molecule has 0 aliphatic rings. The Morgan fingerprint density at radius 2 is 0.667 bits per heavy atom. The van der Waals surface area contributed by atoms with Crippen molar-refractivity contribution in [3.63, 3.8) is 0 Å². The predicted molar refractivity (Wildman–Crippen MR) is 222 cm³/mol. The molecule has 0 fully saturated rings. The van der Waals surface area contributed by atoms with Crippen LogP contribution in [0, 0.1) is 0 Å². The Morgan fingerprint density at radius 3 is 0.941 bits per heavy atom. The highest BCUT2D eigenvalue weighted by atomic mass is 16.3. The van der Waals surface area contributed by atoms with Crippen molar-refractivity contribution in [2.24, 2.45) is 0 Å². The Hall–Kier alpha value is -0.650. The Kier molecular flexibility index (Phi) is 41.6. The molecule has 51 heavy (non-hydrogen) atoms. The quantitative estimate of drug-likeness (QED) is 0.0472. The molecule has 0 radical (unpaired) electrons. The predicted octanol–water partition coefficient (Wildman–Crippen LogP) is 13.4. The summed E-state index contributed by atoms with van der Waals surface area (Å²) in [6.45, 7) is 4.20. The largest absolute Gasteiger partial charge is 0.394 e. The smallest absolute Gasteiger partial charge is 0.220 e. The monoisotopic (exact) mass is 724 g/mol. The van der Waals surface area contributed by atoms with Gasteiger partial charge in [0.15, 0.2) is 0 Å². The van der Waals surface area contributed by atoms with Crippen LogP contribution >= 0.6 is 0 Å². The van der Waals surface area contributed by atoms with E-state index in [1.807, 2.05) is 0 Å². The number of amides is 1. The summed E-state index contributed by atoms with van der Waals surface area (Å²) in [4.78, 5) is 12.4. The van der Waals surface area contributed by atoms with E-state index in [-0.39, 0.29) is 12.5 Å². The first kappa shape index (κ1) is 50.4. The van der Waals surface area contributed by atoms with E-state index in [9.17, 15) is 20.1 Å². The van der Waals surface area contributed by atoms with Crippen LogP contribution in [0.15, 0.2) is 0 Å². The molecule has 0 saturated heterocycles. The highest BCUT2D eigenvalue weighted by Crippen LogP contribution is 2.17. The minimum Gasteiger partial charge on any atom is -0.394 e. The lowest BCUT2D eigenvalue weighted by Gasteiger charge is -2.26. The van der Waals surface area contributed by atoms with Gasteiger partial charge in [-0.2, -0.15) is 0 Å². The maximum Gasteiger partial charge on any atom is 0.220 e. The van der Waals surface area contributed by atoms with E-state index >= 15 is 0 Å². The van der Waals surface area contributed by atoms with Crippen molar-refractivity contribution in [3.8, 4) is 0 Å². The molecule has 0 aromatic heterocycles. The van der Waals surface area contributed by atoms with Crippen molar-refractivity contribution in [2.45, 2.75) is 283 Å². The third kappa shape index (κ3) is 37.5. The van der Waals surface area contributed by atoms with E-state index < -0.39 is 18.2 Å². The lowest BCUT2D eigenvalue weighted by atomic mass is 9.99. The first-order valence-electron chi connectivity index (χ1n) is 23.3. The van der Waals surface area contributed by atoms with Crippen LogP contribution in [0.2, 0.25) is 0 Å². The van der Waals surface area contributed by atoms with Gasteiger partial charge in [0.25, 0.3) is 0 Å². The normalized spacial score (nSPS) is 13.4. The van der Waals surface area contributed by atoms with E-state index in [2.05, 4.69) is 19.2 Å². The van der Waals surface area contributed by atoms with Crippen molar-refractivity contribution >= 4 is 5.91 Å². The zero-order valence-electron chi connectivity index (χ0n) is 34.8. The summed E-state index contributed by atoms with van der Waals surface area (Å²) in [6, 6.07) is -0.802. The molecule has 0 aromatic carbocycles. The highest BCUT2D eigenvalue weighted by molar-refractivity contribution is 5.76. The number of aliphatic hydroxyl groups is 3. The van der Waals surface area contributed by atoms with Crippen LogP contribution in [-0.2, 0) is 4.79 Å². The minimum absolute atomic E-state index is 0.139. The lowest BCUT2D eigenvalue weighted by Crippen LogP contribution is -2.50. The van der Waals surface area contributed by atoms with Gasteiger partial charge < -0.3 is 20.6 Å². The fourth-order valence-corrected chi connectivity index (χ4v) is 7.58. The molecular weight excluding hydrogens is 631 g/mol. The minimum atomic E-state index is -1.13. The number of hydrogen-bond acceptors (Lipinski definition) is 4. The Balaban J connectivity index is 3.53. The zero-order chi connectivity index (χ0) is 37.3. The van der Waals surface area contributed by atoms with Gasteiger partial charge in [-0.05, 0) is 12.8 Å². The standard InChI is InChI=1S/C46H93NO4/c1-3-5-7-9-11-13-15-17-19-20-21-22-23-24-25-26-27-29-31-33-35-37-39-41-45(50)47-43(42-48)46(51)44(49)40-38-36-34-32-30-28-18-16-14-12-10-8-6-4-2/h43-44,46,48-49,51H,3-42H2,1-2H3,(H,47,50)/t43-,44+,46-/m0/s1. The lowest BCUT2D eigenvalue weighted by molar-refractivity contribution is -0.124. The molecule has 4 N–H and O–H groups in total. The second kappa shape index (κ2) is 42.1. The summed E-state index contributed by atoms with van der Waals surface area (Å²) in [6.07, 6.45) is 47.9. The zero-order valence-corrected chi connectivity index (χ0v) is 34.8. The topological polar surface area (TPSA) is 89.8 Å². The molecule has 3 atom stereocenters. The van der Waals surface area contributed by atoms with Crippen LogP contribution in [0.5, 0.6) is 0 Å². The van der Waals surface area contributed by atoms with Crippen molar-refractivity contribution in [3.05, 3.63) is 0 Å². The molecule has 0 bridgehead atoms. The summed E-state index contributed by atoms with van der Waals surface area (Å²) < 4.78 is 0. The van der Waals surface area contributed by atoms with Gasteiger partial charge in [0.05, 0.1) is 18.8 Å². The molecule has 0 aromatic rings. The van der Waals surface area contributed by atoms with Crippen molar-refractivity contribution in [2.75, 3.05) is 6.61 Å². The Morgan fingerprint density at radius 1 is 0.412 bits per heavy atom. The number of hydrogen-bond donors (Lipinski definition) is 4. The van der Waals surface area contributed by atoms with E-state index in [0.717, 1.165) is 32.1 Å². The van der Waals surface area contributed by atoms with Crippen molar-refractivity contribution in [1.29, 1.82) is 0 Å². The molecular formula is C46H93NO4. The molecule has 0 aliphatic carbocycles. The van der Waals surface area contributed by atoms with E-state index in [4.69, 9.17) is 0 Å². The van der Waals surface area contributed by atoms with Gasteiger partial charge in [0, 0.05) is 6.42 Å². The third-order valence-corrected chi connectivity index (χ3v) is 11.2. The van der Waals surface area contributed by atoms with Crippen LogP contribution < -0.4 is 5.32 Å². The molecule has 5 nitrogen and oxygen atoms in total. The van der Waals surface area contributed by atoms with Gasteiger partial charge in [0.2, 0.25) is 5.91 Å². The number of rotatable bonds is 43.